The lowest BCUT2D eigenvalue weighted by atomic mass is 9.99. The molecule has 1 saturated heterocycles. The number of benzene rings is 2. The van der Waals surface area contributed by atoms with Crippen LogP contribution in [0.2, 0.25) is 10.0 Å². The van der Waals surface area contributed by atoms with Crippen LogP contribution in [0.15, 0.2) is 47.4 Å². The molecule has 0 unspecified atom stereocenters. The van der Waals surface area contributed by atoms with Gasteiger partial charge in [-0.1, -0.05) is 42.3 Å². The summed E-state index contributed by atoms with van der Waals surface area (Å²) in [6.45, 7) is 3.00. The number of ether oxygens (including phenoxy) is 1. The number of methoxy groups -OCH3 is 1. The van der Waals surface area contributed by atoms with Gasteiger partial charge in [-0.15, -0.1) is 0 Å². The van der Waals surface area contributed by atoms with Crippen LogP contribution in [-0.2, 0) is 14.8 Å². The highest BCUT2D eigenvalue weighted by atomic mass is 35.5. The first-order valence-corrected chi connectivity index (χ1v) is 11.8. The Morgan fingerprint density at radius 2 is 1.83 bits per heavy atom. The number of piperidine rings is 1. The highest BCUT2D eigenvalue weighted by Crippen LogP contribution is 2.35. The van der Waals surface area contributed by atoms with E-state index in [0.29, 0.717) is 24.8 Å². The minimum Gasteiger partial charge on any atom is -0.495 e. The Morgan fingerprint density at radius 1 is 1.17 bits per heavy atom. The standard InChI is InChI=1S/C21H24Cl2N2O4S/c1-15-9-11-24(12-10-15)21(26)14-25(18-5-3-4-6-19(18)29-2)30(27,28)20-13-16(22)7-8-17(20)23/h3-8,13,15H,9-12,14H2,1-2H3. The third-order valence-electron chi connectivity index (χ3n) is 5.23. The highest BCUT2D eigenvalue weighted by molar-refractivity contribution is 7.93. The molecule has 1 fully saturated rings. The van der Waals surface area contributed by atoms with Crippen LogP contribution in [0, 0.1) is 5.92 Å². The molecule has 2 aromatic carbocycles. The quantitative estimate of drug-likeness (QED) is 0.624. The van der Waals surface area contributed by atoms with Gasteiger partial charge < -0.3 is 9.64 Å². The SMILES string of the molecule is COc1ccccc1N(CC(=O)N1CCC(C)CC1)S(=O)(=O)c1cc(Cl)ccc1Cl. The van der Waals surface area contributed by atoms with E-state index in [9.17, 15) is 13.2 Å². The van der Waals surface area contributed by atoms with Gasteiger partial charge in [0.05, 0.1) is 17.8 Å². The van der Waals surface area contributed by atoms with Gasteiger partial charge in [0.1, 0.15) is 17.2 Å². The zero-order valence-electron chi connectivity index (χ0n) is 16.8. The Bertz CT molecular complexity index is 1020. The van der Waals surface area contributed by atoms with Gasteiger partial charge in [0.2, 0.25) is 5.91 Å². The van der Waals surface area contributed by atoms with Gasteiger partial charge in [-0.05, 0) is 49.1 Å². The maximum Gasteiger partial charge on any atom is 0.266 e. The van der Waals surface area contributed by atoms with Gasteiger partial charge in [-0.2, -0.15) is 0 Å². The molecule has 0 spiro atoms. The number of nitrogens with zero attached hydrogens (tertiary/aromatic N) is 2. The van der Waals surface area contributed by atoms with E-state index in [1.54, 1.807) is 29.2 Å². The fraction of sp³-hybridized carbons (Fsp3) is 0.381. The number of hydrogen-bond donors (Lipinski definition) is 0. The van der Waals surface area contributed by atoms with Crippen molar-refractivity contribution in [2.24, 2.45) is 5.92 Å². The summed E-state index contributed by atoms with van der Waals surface area (Å²) in [7, 11) is -2.75. The van der Waals surface area contributed by atoms with E-state index in [1.807, 2.05) is 0 Å². The Hall–Kier alpha value is -1.96. The lowest BCUT2D eigenvalue weighted by molar-refractivity contribution is -0.130. The molecular formula is C21H24Cl2N2O4S. The van der Waals surface area contributed by atoms with Crippen molar-refractivity contribution in [3.8, 4) is 5.75 Å². The Morgan fingerprint density at radius 3 is 2.50 bits per heavy atom. The predicted molar refractivity (Wildman–Crippen MR) is 119 cm³/mol. The second-order valence-corrected chi connectivity index (χ2v) is 10.00. The molecular weight excluding hydrogens is 447 g/mol. The lowest BCUT2D eigenvalue weighted by Gasteiger charge is -2.33. The molecule has 1 aliphatic heterocycles. The smallest absolute Gasteiger partial charge is 0.266 e. The average Bonchev–Trinajstić information content (AvgIpc) is 2.73. The number of carbonyl (C=O) groups is 1. The molecule has 30 heavy (non-hydrogen) atoms. The van der Waals surface area contributed by atoms with Crippen LogP contribution in [0.25, 0.3) is 0 Å². The summed E-state index contributed by atoms with van der Waals surface area (Å²) in [6, 6.07) is 10.9. The molecule has 162 valence electrons. The maximum absolute atomic E-state index is 13.6. The molecule has 0 saturated carbocycles. The van der Waals surface area contributed by atoms with Crippen LogP contribution in [0.1, 0.15) is 19.8 Å². The highest BCUT2D eigenvalue weighted by Gasteiger charge is 2.33. The molecule has 0 atom stereocenters. The van der Waals surface area contributed by atoms with E-state index in [1.165, 1.54) is 25.3 Å². The summed E-state index contributed by atoms with van der Waals surface area (Å²) < 4.78 is 33.6. The van der Waals surface area contributed by atoms with E-state index in [0.717, 1.165) is 17.1 Å². The summed E-state index contributed by atoms with van der Waals surface area (Å²) in [5.74, 6) is 0.613. The largest absolute Gasteiger partial charge is 0.495 e. The first kappa shape index (κ1) is 22.7. The van der Waals surface area contributed by atoms with Crippen LogP contribution in [-0.4, -0.2) is 46.0 Å². The third-order valence-corrected chi connectivity index (χ3v) is 7.71. The number of rotatable bonds is 6. The number of carbonyl (C=O) groups excluding carboxylic acids is 1. The van der Waals surface area contributed by atoms with Crippen LogP contribution >= 0.6 is 23.2 Å². The molecule has 9 heteroatoms. The minimum absolute atomic E-state index is 0.0264. The van der Waals surface area contributed by atoms with Crippen molar-refractivity contribution < 1.29 is 17.9 Å². The zero-order valence-corrected chi connectivity index (χ0v) is 19.2. The van der Waals surface area contributed by atoms with E-state index in [-0.39, 0.29) is 33.1 Å². The number of halogens is 2. The molecule has 0 aliphatic carbocycles. The Kier molecular flexibility index (Phi) is 7.16. The molecule has 0 N–H and O–H groups in total. The number of para-hydroxylation sites is 2. The minimum atomic E-state index is -4.19. The summed E-state index contributed by atoms with van der Waals surface area (Å²) in [6.07, 6.45) is 1.79. The molecule has 6 nitrogen and oxygen atoms in total. The van der Waals surface area contributed by atoms with Crippen LogP contribution in [0.3, 0.4) is 0 Å². The number of anilines is 1. The second kappa shape index (κ2) is 9.45. The van der Waals surface area contributed by atoms with Crippen molar-refractivity contribution in [3.63, 3.8) is 0 Å². The number of hydrogen-bond acceptors (Lipinski definition) is 4. The first-order chi connectivity index (χ1) is 14.2. The normalized spacial score (nSPS) is 15.1. The Balaban J connectivity index is 2.03. The van der Waals surface area contributed by atoms with Gasteiger partial charge >= 0.3 is 0 Å². The fourth-order valence-electron chi connectivity index (χ4n) is 3.41. The van der Waals surface area contributed by atoms with Crippen LogP contribution in [0.5, 0.6) is 5.75 Å². The van der Waals surface area contributed by atoms with Crippen LogP contribution < -0.4 is 9.04 Å². The summed E-state index contributed by atoms with van der Waals surface area (Å²) in [4.78, 5) is 14.6. The molecule has 0 bridgehead atoms. The zero-order chi connectivity index (χ0) is 21.9. The van der Waals surface area contributed by atoms with E-state index < -0.39 is 10.0 Å². The number of sulfonamides is 1. The van der Waals surface area contributed by atoms with Gasteiger partial charge in [-0.3, -0.25) is 9.10 Å². The first-order valence-electron chi connectivity index (χ1n) is 9.62. The van der Waals surface area contributed by atoms with E-state index in [2.05, 4.69) is 6.92 Å². The van der Waals surface area contributed by atoms with E-state index >= 15 is 0 Å². The monoisotopic (exact) mass is 470 g/mol. The van der Waals surface area contributed by atoms with Gasteiger partial charge in [0, 0.05) is 18.1 Å². The topological polar surface area (TPSA) is 66.9 Å². The predicted octanol–water partition coefficient (Wildman–Crippen LogP) is 4.46. The average molecular weight is 471 g/mol. The summed E-state index contributed by atoms with van der Waals surface area (Å²) in [5, 5.41) is 0.257. The number of likely N-dealkylation sites (tertiary alicyclic amines) is 1. The third kappa shape index (κ3) is 4.85. The van der Waals surface area contributed by atoms with Gasteiger partial charge in [0.25, 0.3) is 10.0 Å². The molecule has 0 radical (unpaired) electrons. The lowest BCUT2D eigenvalue weighted by Crippen LogP contribution is -2.45. The van der Waals surface area contributed by atoms with Crippen molar-refractivity contribution in [1.82, 2.24) is 4.90 Å². The van der Waals surface area contributed by atoms with Gasteiger partial charge in [0.15, 0.2) is 0 Å². The summed E-state index contributed by atoms with van der Waals surface area (Å²) in [5.41, 5.74) is 0.259. The summed E-state index contributed by atoms with van der Waals surface area (Å²) >= 11 is 12.2. The molecule has 2 aromatic rings. The molecule has 0 aromatic heterocycles. The van der Waals surface area contributed by atoms with Crippen molar-refractivity contribution >= 4 is 44.8 Å². The van der Waals surface area contributed by atoms with Crippen LogP contribution in [0.4, 0.5) is 5.69 Å². The molecule has 1 heterocycles. The van der Waals surface area contributed by atoms with Crippen molar-refractivity contribution in [3.05, 3.63) is 52.5 Å². The van der Waals surface area contributed by atoms with Gasteiger partial charge in [-0.25, -0.2) is 8.42 Å². The maximum atomic E-state index is 13.6. The van der Waals surface area contributed by atoms with Crippen molar-refractivity contribution in [2.45, 2.75) is 24.7 Å². The van der Waals surface area contributed by atoms with Crippen molar-refractivity contribution in [2.75, 3.05) is 31.0 Å². The number of amides is 1. The fourth-order valence-corrected chi connectivity index (χ4v) is 5.57. The molecule has 1 aliphatic rings. The molecule has 1 amide bonds. The van der Waals surface area contributed by atoms with E-state index in [4.69, 9.17) is 27.9 Å². The van der Waals surface area contributed by atoms with Crippen molar-refractivity contribution in [1.29, 1.82) is 0 Å². The Labute approximate surface area is 187 Å². The molecule has 3 rings (SSSR count). The second-order valence-electron chi connectivity index (χ2n) is 7.32.